The van der Waals surface area contributed by atoms with Crippen molar-refractivity contribution in [1.29, 1.82) is 0 Å². The Morgan fingerprint density at radius 3 is 2.36 bits per heavy atom. The highest BCUT2D eigenvalue weighted by Gasteiger charge is 2.58. The van der Waals surface area contributed by atoms with Gasteiger partial charge in [0, 0.05) is 11.6 Å². The Morgan fingerprint density at radius 2 is 1.78 bits per heavy atom. The third-order valence-electron chi connectivity index (χ3n) is 5.38. The number of benzene rings is 1. The van der Waals surface area contributed by atoms with Crippen LogP contribution in [-0.2, 0) is 24.6 Å². The van der Waals surface area contributed by atoms with Gasteiger partial charge in [-0.1, -0.05) is 20.8 Å². The Labute approximate surface area is 201 Å². The highest BCUT2D eigenvalue weighted by atomic mass is 19.3. The van der Waals surface area contributed by atoms with Gasteiger partial charge in [-0.3, -0.25) is 4.98 Å². The molecule has 190 valence electrons. The molecule has 0 aliphatic carbocycles. The molecule has 1 atom stereocenters. The van der Waals surface area contributed by atoms with E-state index in [2.05, 4.69) is 25.6 Å². The van der Waals surface area contributed by atoms with Crippen molar-refractivity contribution in [3.05, 3.63) is 82.6 Å². The molecule has 0 fully saturated rings. The van der Waals surface area contributed by atoms with Crippen LogP contribution in [0.1, 0.15) is 32.0 Å². The zero-order valence-corrected chi connectivity index (χ0v) is 19.5. The molecule has 36 heavy (non-hydrogen) atoms. The Hall–Kier alpha value is -3.94. The highest BCUT2D eigenvalue weighted by molar-refractivity contribution is 5.34. The lowest BCUT2D eigenvalue weighted by molar-refractivity contribution is -0.207. The monoisotopic (exact) mass is 506 g/mol. The SMILES string of the molecule is CC(C)(C)Cn1ncn(-c2ccc(C(F)(F)C(O)(Cn3cnnn3)c3ccc(F)cc3F)nc2)c1=O. The largest absolute Gasteiger partial charge is 0.377 e. The standard InChI is InChI=1S/C22H22F4N8O2/c1-20(2,3)10-34-19(35)33(13-29-34)15-5-7-18(27-9-15)22(25,26)21(36,11-32-12-28-30-31-32)16-6-4-14(23)8-17(16)24/h4-9,12-13,36H,10-11H2,1-3H3. The minimum atomic E-state index is -4.21. The number of tetrazole rings is 1. The third kappa shape index (κ3) is 4.63. The number of rotatable bonds is 7. The summed E-state index contributed by atoms with van der Waals surface area (Å²) in [4.78, 5) is 16.4. The number of hydrogen-bond donors (Lipinski definition) is 1. The van der Waals surface area contributed by atoms with Crippen LogP contribution in [0.2, 0.25) is 0 Å². The van der Waals surface area contributed by atoms with Crippen molar-refractivity contribution >= 4 is 0 Å². The molecule has 4 rings (SSSR count). The van der Waals surface area contributed by atoms with E-state index in [0.717, 1.165) is 40.0 Å². The summed E-state index contributed by atoms with van der Waals surface area (Å²) in [6.45, 7) is 5.14. The molecule has 3 heterocycles. The van der Waals surface area contributed by atoms with Crippen LogP contribution in [-0.4, -0.2) is 44.6 Å². The van der Waals surface area contributed by atoms with Gasteiger partial charge in [0.15, 0.2) is 5.60 Å². The first kappa shape index (κ1) is 25.2. The molecule has 14 heteroatoms. The van der Waals surface area contributed by atoms with Crippen molar-refractivity contribution in [3.63, 3.8) is 0 Å². The van der Waals surface area contributed by atoms with Gasteiger partial charge in [-0.05, 0) is 40.1 Å². The minimum absolute atomic E-state index is 0.150. The Morgan fingerprint density at radius 1 is 1.03 bits per heavy atom. The molecule has 10 nitrogen and oxygen atoms in total. The molecule has 1 unspecified atom stereocenters. The zero-order chi connectivity index (χ0) is 26.3. The maximum absolute atomic E-state index is 15.8. The van der Waals surface area contributed by atoms with E-state index in [9.17, 15) is 18.7 Å². The normalized spacial score (nSPS) is 14.1. The average molecular weight is 506 g/mol. The lowest BCUT2D eigenvalue weighted by Gasteiger charge is -2.35. The van der Waals surface area contributed by atoms with E-state index in [4.69, 9.17) is 0 Å². The third-order valence-corrected chi connectivity index (χ3v) is 5.38. The molecular formula is C22H22F4N8O2. The first-order chi connectivity index (χ1) is 16.8. The molecule has 0 saturated heterocycles. The van der Waals surface area contributed by atoms with Gasteiger partial charge in [0.1, 0.15) is 30.0 Å². The van der Waals surface area contributed by atoms with Gasteiger partial charge in [-0.15, -0.1) is 5.10 Å². The van der Waals surface area contributed by atoms with Crippen LogP contribution in [0.25, 0.3) is 5.69 Å². The molecule has 0 amide bonds. The van der Waals surface area contributed by atoms with Crippen LogP contribution >= 0.6 is 0 Å². The summed E-state index contributed by atoms with van der Waals surface area (Å²) in [6, 6.07) is 3.94. The Kier molecular flexibility index (Phi) is 6.24. The second kappa shape index (κ2) is 8.93. The predicted molar refractivity (Wildman–Crippen MR) is 117 cm³/mol. The first-order valence-corrected chi connectivity index (χ1v) is 10.7. The van der Waals surface area contributed by atoms with Gasteiger partial charge in [0.25, 0.3) is 0 Å². The molecular weight excluding hydrogens is 484 g/mol. The fraction of sp³-hybridized carbons (Fsp3) is 0.364. The number of halogens is 4. The number of aliphatic hydroxyl groups is 1. The van der Waals surface area contributed by atoms with Gasteiger partial charge >= 0.3 is 11.6 Å². The Balaban J connectivity index is 1.74. The molecule has 0 bridgehead atoms. The van der Waals surface area contributed by atoms with Gasteiger partial charge in [-0.25, -0.2) is 27.5 Å². The predicted octanol–water partition coefficient (Wildman–Crippen LogP) is 2.42. The number of hydrogen-bond acceptors (Lipinski definition) is 7. The molecule has 0 radical (unpaired) electrons. The van der Waals surface area contributed by atoms with Crippen molar-refractivity contribution < 1.29 is 22.7 Å². The van der Waals surface area contributed by atoms with Crippen LogP contribution in [0.4, 0.5) is 17.6 Å². The summed E-state index contributed by atoms with van der Waals surface area (Å²) < 4.78 is 62.9. The fourth-order valence-electron chi connectivity index (χ4n) is 3.66. The van der Waals surface area contributed by atoms with Crippen molar-refractivity contribution in [2.75, 3.05) is 0 Å². The molecule has 1 aromatic carbocycles. The minimum Gasteiger partial charge on any atom is -0.377 e. The molecule has 1 N–H and O–H groups in total. The van der Waals surface area contributed by atoms with Gasteiger partial charge in [0.2, 0.25) is 0 Å². The summed E-state index contributed by atoms with van der Waals surface area (Å²) in [5, 5.41) is 25.4. The summed E-state index contributed by atoms with van der Waals surface area (Å²) >= 11 is 0. The number of nitrogens with zero attached hydrogens (tertiary/aromatic N) is 8. The smallest absolute Gasteiger partial charge is 0.350 e. The van der Waals surface area contributed by atoms with E-state index in [0.29, 0.717) is 12.6 Å². The summed E-state index contributed by atoms with van der Waals surface area (Å²) in [5.74, 6) is -6.61. The van der Waals surface area contributed by atoms with Crippen molar-refractivity contribution in [1.82, 2.24) is 39.5 Å². The van der Waals surface area contributed by atoms with E-state index in [1.165, 1.54) is 17.1 Å². The van der Waals surface area contributed by atoms with Crippen LogP contribution < -0.4 is 5.69 Å². The molecule has 4 aromatic rings. The number of aromatic nitrogens is 8. The van der Waals surface area contributed by atoms with Crippen LogP contribution in [0.3, 0.4) is 0 Å². The molecule has 0 aliphatic rings. The van der Waals surface area contributed by atoms with Crippen LogP contribution in [0.15, 0.2) is 54.0 Å². The quantitative estimate of drug-likeness (QED) is 0.383. The Bertz CT molecular complexity index is 1410. The van der Waals surface area contributed by atoms with Crippen molar-refractivity contribution in [2.24, 2.45) is 5.41 Å². The van der Waals surface area contributed by atoms with Gasteiger partial charge in [-0.2, -0.15) is 13.9 Å². The van der Waals surface area contributed by atoms with Crippen molar-refractivity contribution in [2.45, 2.75) is 45.4 Å². The van der Waals surface area contributed by atoms with Gasteiger partial charge in [0.05, 0.1) is 25.0 Å². The van der Waals surface area contributed by atoms with E-state index in [-0.39, 0.29) is 11.1 Å². The van der Waals surface area contributed by atoms with Crippen molar-refractivity contribution in [3.8, 4) is 5.69 Å². The van der Waals surface area contributed by atoms with E-state index in [1.807, 2.05) is 20.8 Å². The van der Waals surface area contributed by atoms with E-state index in [1.54, 1.807) is 0 Å². The van der Waals surface area contributed by atoms with Crippen LogP contribution in [0.5, 0.6) is 0 Å². The van der Waals surface area contributed by atoms with E-state index < -0.39 is 46.6 Å². The summed E-state index contributed by atoms with van der Waals surface area (Å²) in [5.41, 5.74) is -5.64. The maximum atomic E-state index is 15.8. The number of pyridine rings is 1. The number of alkyl halides is 2. The zero-order valence-electron chi connectivity index (χ0n) is 19.5. The fourth-order valence-corrected chi connectivity index (χ4v) is 3.66. The van der Waals surface area contributed by atoms with Gasteiger partial charge < -0.3 is 5.11 Å². The highest BCUT2D eigenvalue weighted by Crippen LogP contribution is 2.46. The maximum Gasteiger partial charge on any atom is 0.350 e. The second-order valence-corrected chi connectivity index (χ2v) is 9.47. The summed E-state index contributed by atoms with van der Waals surface area (Å²) in [7, 11) is 0. The molecule has 0 spiro atoms. The van der Waals surface area contributed by atoms with Crippen LogP contribution in [0, 0.1) is 17.0 Å². The molecule has 0 saturated carbocycles. The topological polar surface area (TPSA) is 117 Å². The second-order valence-electron chi connectivity index (χ2n) is 9.47. The lowest BCUT2D eigenvalue weighted by Crippen LogP contribution is -2.48. The average Bonchev–Trinajstić information content (AvgIpc) is 3.42. The summed E-state index contributed by atoms with van der Waals surface area (Å²) in [6.07, 6.45) is 3.21. The first-order valence-electron chi connectivity index (χ1n) is 10.7. The van der Waals surface area contributed by atoms with E-state index >= 15 is 8.78 Å². The lowest BCUT2D eigenvalue weighted by atomic mass is 9.84. The molecule has 0 aliphatic heterocycles. The molecule has 3 aromatic heterocycles.